The molecule has 0 heterocycles. The monoisotopic (exact) mass is 247 g/mol. The molecule has 0 aromatic heterocycles. The van der Waals surface area contributed by atoms with Gasteiger partial charge < -0.3 is 4.74 Å². The van der Waals surface area contributed by atoms with Crippen molar-refractivity contribution in [1.29, 1.82) is 0 Å². The van der Waals surface area contributed by atoms with Crippen molar-refractivity contribution >= 4 is 17.7 Å². The third-order valence-electron chi connectivity index (χ3n) is 2.31. The standard InChI is InChI=1S/C12H25NO2S/c1-5-15-12(14)10-13(11(3)4)8-7-9-16-6-2/h11H,5-10H2,1-4H3. The molecule has 0 aliphatic carbocycles. The van der Waals surface area contributed by atoms with E-state index in [-0.39, 0.29) is 5.97 Å². The summed E-state index contributed by atoms with van der Waals surface area (Å²) in [5.41, 5.74) is 0. The first-order valence-electron chi connectivity index (χ1n) is 6.09. The van der Waals surface area contributed by atoms with Gasteiger partial charge in [-0.1, -0.05) is 6.92 Å². The van der Waals surface area contributed by atoms with Crippen LogP contribution in [0.3, 0.4) is 0 Å². The number of carbonyl (C=O) groups is 1. The lowest BCUT2D eigenvalue weighted by Gasteiger charge is -2.25. The van der Waals surface area contributed by atoms with Gasteiger partial charge in [-0.3, -0.25) is 9.69 Å². The summed E-state index contributed by atoms with van der Waals surface area (Å²) in [6.07, 6.45) is 1.14. The number of thioether (sulfide) groups is 1. The molecule has 0 unspecified atom stereocenters. The number of nitrogens with zero attached hydrogens (tertiary/aromatic N) is 1. The number of esters is 1. The summed E-state index contributed by atoms with van der Waals surface area (Å²) in [6.45, 7) is 10.1. The van der Waals surface area contributed by atoms with Crippen LogP contribution in [0.5, 0.6) is 0 Å². The van der Waals surface area contributed by atoms with E-state index in [0.29, 0.717) is 19.2 Å². The molecule has 0 saturated heterocycles. The first-order valence-corrected chi connectivity index (χ1v) is 7.24. The Balaban J connectivity index is 3.83. The van der Waals surface area contributed by atoms with E-state index in [4.69, 9.17) is 4.74 Å². The molecule has 0 amide bonds. The van der Waals surface area contributed by atoms with Gasteiger partial charge in [-0.05, 0) is 45.2 Å². The molecule has 0 radical (unpaired) electrons. The Morgan fingerprint density at radius 3 is 2.56 bits per heavy atom. The Morgan fingerprint density at radius 2 is 2.06 bits per heavy atom. The average molecular weight is 247 g/mol. The van der Waals surface area contributed by atoms with Crippen molar-refractivity contribution in [2.75, 3.05) is 31.2 Å². The van der Waals surface area contributed by atoms with Crippen molar-refractivity contribution in [3.8, 4) is 0 Å². The number of hydrogen-bond donors (Lipinski definition) is 0. The molecule has 4 heteroatoms. The molecule has 0 aromatic rings. The summed E-state index contributed by atoms with van der Waals surface area (Å²) in [7, 11) is 0. The van der Waals surface area contributed by atoms with Gasteiger partial charge in [0.1, 0.15) is 0 Å². The van der Waals surface area contributed by atoms with E-state index in [1.165, 1.54) is 11.5 Å². The highest BCUT2D eigenvalue weighted by atomic mass is 32.2. The van der Waals surface area contributed by atoms with Gasteiger partial charge >= 0.3 is 5.97 Å². The number of hydrogen-bond acceptors (Lipinski definition) is 4. The van der Waals surface area contributed by atoms with Crippen molar-refractivity contribution in [1.82, 2.24) is 4.90 Å². The predicted molar refractivity (Wildman–Crippen MR) is 71.0 cm³/mol. The largest absolute Gasteiger partial charge is 0.465 e. The lowest BCUT2D eigenvalue weighted by atomic mass is 10.3. The van der Waals surface area contributed by atoms with Crippen molar-refractivity contribution in [3.05, 3.63) is 0 Å². The van der Waals surface area contributed by atoms with E-state index in [1.807, 2.05) is 18.7 Å². The second kappa shape index (κ2) is 9.97. The molecule has 0 fully saturated rings. The quantitative estimate of drug-likeness (QED) is 0.462. The topological polar surface area (TPSA) is 29.5 Å². The highest BCUT2D eigenvalue weighted by Crippen LogP contribution is 2.05. The third kappa shape index (κ3) is 7.99. The van der Waals surface area contributed by atoms with E-state index in [1.54, 1.807) is 0 Å². The van der Waals surface area contributed by atoms with Gasteiger partial charge in [-0.2, -0.15) is 11.8 Å². The Kier molecular flexibility index (Phi) is 9.83. The molecule has 0 saturated carbocycles. The molecule has 96 valence electrons. The molecular weight excluding hydrogens is 222 g/mol. The van der Waals surface area contributed by atoms with Gasteiger partial charge in [0.15, 0.2) is 0 Å². The molecule has 0 aromatic carbocycles. The maximum absolute atomic E-state index is 11.4. The van der Waals surface area contributed by atoms with Gasteiger partial charge in [0, 0.05) is 6.04 Å². The Bertz CT molecular complexity index is 186. The maximum atomic E-state index is 11.4. The summed E-state index contributed by atoms with van der Waals surface area (Å²) in [5, 5.41) is 0. The van der Waals surface area contributed by atoms with Crippen LogP contribution >= 0.6 is 11.8 Å². The van der Waals surface area contributed by atoms with Crippen molar-refractivity contribution in [3.63, 3.8) is 0 Å². The van der Waals surface area contributed by atoms with Gasteiger partial charge in [-0.15, -0.1) is 0 Å². The minimum Gasteiger partial charge on any atom is -0.465 e. The Morgan fingerprint density at radius 1 is 1.38 bits per heavy atom. The molecule has 0 spiro atoms. The lowest BCUT2D eigenvalue weighted by Crippen LogP contribution is -2.37. The second-order valence-corrected chi connectivity index (χ2v) is 5.31. The molecule has 0 rings (SSSR count). The molecule has 0 aliphatic heterocycles. The number of carbonyl (C=O) groups excluding carboxylic acids is 1. The summed E-state index contributed by atoms with van der Waals surface area (Å²) in [6, 6.07) is 0.399. The molecule has 0 atom stereocenters. The SMILES string of the molecule is CCOC(=O)CN(CCCSCC)C(C)C. The molecule has 0 N–H and O–H groups in total. The fraction of sp³-hybridized carbons (Fsp3) is 0.917. The van der Waals surface area contributed by atoms with Crippen molar-refractivity contribution in [2.45, 2.75) is 40.2 Å². The minimum absolute atomic E-state index is 0.112. The van der Waals surface area contributed by atoms with E-state index >= 15 is 0 Å². The van der Waals surface area contributed by atoms with Crippen LogP contribution < -0.4 is 0 Å². The van der Waals surface area contributed by atoms with Gasteiger partial charge in [0.05, 0.1) is 13.2 Å². The van der Waals surface area contributed by atoms with Crippen LogP contribution in [0.25, 0.3) is 0 Å². The summed E-state index contributed by atoms with van der Waals surface area (Å²) >= 11 is 1.95. The van der Waals surface area contributed by atoms with E-state index in [0.717, 1.165) is 13.0 Å². The van der Waals surface area contributed by atoms with E-state index < -0.39 is 0 Å². The molecular formula is C12H25NO2S. The zero-order valence-electron chi connectivity index (χ0n) is 11.0. The van der Waals surface area contributed by atoms with Crippen LogP contribution in [0.1, 0.15) is 34.1 Å². The van der Waals surface area contributed by atoms with Crippen LogP contribution in [-0.4, -0.2) is 48.1 Å². The van der Waals surface area contributed by atoms with Crippen LogP contribution in [0.2, 0.25) is 0 Å². The third-order valence-corrected chi connectivity index (χ3v) is 3.29. The maximum Gasteiger partial charge on any atom is 0.320 e. The van der Waals surface area contributed by atoms with Crippen LogP contribution in [0.15, 0.2) is 0 Å². The lowest BCUT2D eigenvalue weighted by molar-refractivity contribution is -0.144. The predicted octanol–water partition coefficient (Wildman–Crippen LogP) is 2.40. The first-order chi connectivity index (χ1) is 7.61. The molecule has 0 bridgehead atoms. The molecule has 3 nitrogen and oxygen atoms in total. The Labute approximate surface area is 104 Å². The van der Waals surface area contributed by atoms with Gasteiger partial charge in [0.2, 0.25) is 0 Å². The van der Waals surface area contributed by atoms with Gasteiger partial charge in [0.25, 0.3) is 0 Å². The van der Waals surface area contributed by atoms with Crippen molar-refractivity contribution in [2.24, 2.45) is 0 Å². The zero-order chi connectivity index (χ0) is 12.4. The second-order valence-electron chi connectivity index (χ2n) is 3.92. The molecule has 16 heavy (non-hydrogen) atoms. The zero-order valence-corrected chi connectivity index (χ0v) is 11.8. The number of ether oxygens (including phenoxy) is 1. The first kappa shape index (κ1) is 15.8. The average Bonchev–Trinajstić information content (AvgIpc) is 2.22. The smallest absolute Gasteiger partial charge is 0.320 e. The van der Waals surface area contributed by atoms with Gasteiger partial charge in [-0.25, -0.2) is 0 Å². The number of rotatable bonds is 9. The normalized spacial score (nSPS) is 11.1. The van der Waals surface area contributed by atoms with E-state index in [2.05, 4.69) is 25.7 Å². The van der Waals surface area contributed by atoms with E-state index in [9.17, 15) is 4.79 Å². The fourth-order valence-electron chi connectivity index (χ4n) is 1.41. The summed E-state index contributed by atoms with van der Waals surface area (Å²) in [5.74, 6) is 2.22. The Hall–Kier alpha value is -0.220. The highest BCUT2D eigenvalue weighted by Gasteiger charge is 2.13. The minimum atomic E-state index is -0.112. The van der Waals surface area contributed by atoms with Crippen LogP contribution in [-0.2, 0) is 9.53 Å². The van der Waals surface area contributed by atoms with Crippen LogP contribution in [0, 0.1) is 0 Å². The molecule has 0 aliphatic rings. The highest BCUT2D eigenvalue weighted by molar-refractivity contribution is 7.99. The van der Waals surface area contributed by atoms with Crippen molar-refractivity contribution < 1.29 is 9.53 Å². The fourth-order valence-corrected chi connectivity index (χ4v) is 2.03. The summed E-state index contributed by atoms with van der Waals surface area (Å²) < 4.78 is 4.96. The summed E-state index contributed by atoms with van der Waals surface area (Å²) in [4.78, 5) is 13.6. The van der Waals surface area contributed by atoms with Crippen LogP contribution in [0.4, 0.5) is 0 Å².